The lowest BCUT2D eigenvalue weighted by molar-refractivity contribution is -0.136. The summed E-state index contributed by atoms with van der Waals surface area (Å²) in [6.45, 7) is 19.6. The molecule has 3 aliphatic rings. The molecule has 0 radical (unpaired) electrons. The van der Waals surface area contributed by atoms with Crippen molar-refractivity contribution in [3.8, 4) is 0 Å². The lowest BCUT2D eigenvalue weighted by Gasteiger charge is -2.50. The standard InChI is InChI=1S/C30H41F2N7O2.C2H4/c1-21-17-39(25-15-23(31)22(14-24(25)32)18-37-10-5-29(2,3)6-11-37)19-30(36-21)7-12-38(13-8-30)27-16-26(34-20-35-27)33-9-4-28(40)41;1-2/h14-16,20,36H,1,4-13,17-19H2,2-3H3,(H,40,41)(H,33,34,35);1-2H2. The van der Waals surface area contributed by atoms with Crippen molar-refractivity contribution >= 4 is 23.3 Å². The maximum Gasteiger partial charge on any atom is 0.305 e. The van der Waals surface area contributed by atoms with Crippen LogP contribution in [0, 0.1) is 17.0 Å². The number of nitrogens with zero attached hydrogens (tertiary/aromatic N) is 5. The first-order valence-corrected chi connectivity index (χ1v) is 14.9. The molecule has 0 aliphatic carbocycles. The average molecular weight is 598 g/mol. The minimum Gasteiger partial charge on any atom is -0.481 e. The van der Waals surface area contributed by atoms with Gasteiger partial charge in [-0.1, -0.05) is 20.4 Å². The van der Waals surface area contributed by atoms with Crippen LogP contribution in [0.4, 0.5) is 26.1 Å². The summed E-state index contributed by atoms with van der Waals surface area (Å²) < 4.78 is 30.8. The second kappa shape index (κ2) is 13.7. The summed E-state index contributed by atoms with van der Waals surface area (Å²) in [5.74, 6) is -0.290. The Bertz CT molecular complexity index is 1290. The van der Waals surface area contributed by atoms with Gasteiger partial charge < -0.3 is 25.5 Å². The lowest BCUT2D eigenvalue weighted by Crippen LogP contribution is -2.63. The minimum atomic E-state index is -0.871. The Hall–Kier alpha value is -3.73. The van der Waals surface area contributed by atoms with Crippen molar-refractivity contribution in [1.29, 1.82) is 0 Å². The normalized spacial score (nSPS) is 19.8. The van der Waals surface area contributed by atoms with E-state index >= 15 is 8.78 Å². The van der Waals surface area contributed by atoms with E-state index in [9.17, 15) is 4.79 Å². The number of anilines is 3. The zero-order valence-corrected chi connectivity index (χ0v) is 25.5. The van der Waals surface area contributed by atoms with E-state index in [0.717, 1.165) is 50.3 Å². The number of carboxylic acids is 1. The van der Waals surface area contributed by atoms with Crippen LogP contribution in [0.2, 0.25) is 0 Å². The molecule has 9 nitrogen and oxygen atoms in total. The van der Waals surface area contributed by atoms with Crippen LogP contribution in [-0.4, -0.2) is 77.3 Å². The van der Waals surface area contributed by atoms with Gasteiger partial charge in [0.25, 0.3) is 0 Å². The molecule has 43 heavy (non-hydrogen) atoms. The molecule has 5 rings (SSSR count). The topological polar surface area (TPSA) is 96.9 Å². The van der Waals surface area contributed by atoms with E-state index in [0.29, 0.717) is 49.5 Å². The van der Waals surface area contributed by atoms with Gasteiger partial charge in [-0.2, -0.15) is 0 Å². The quantitative estimate of drug-likeness (QED) is 0.362. The van der Waals surface area contributed by atoms with Crippen LogP contribution in [0.25, 0.3) is 0 Å². The summed E-state index contributed by atoms with van der Waals surface area (Å²) in [5.41, 5.74) is 1.47. The molecule has 3 saturated heterocycles. The van der Waals surface area contributed by atoms with Crippen LogP contribution in [0.15, 0.2) is 50.0 Å². The molecule has 2 aromatic rings. The van der Waals surface area contributed by atoms with Gasteiger partial charge in [0.05, 0.1) is 24.2 Å². The SMILES string of the molecule is C=C.C=C1CN(c2cc(F)c(CN3CCC(C)(C)CC3)cc2F)CC2(CCN(c3cc(NCCC(=O)O)ncn3)CC2)N1. The molecule has 0 atom stereocenters. The first kappa shape index (κ1) is 32.2. The highest BCUT2D eigenvalue weighted by Crippen LogP contribution is 2.35. The number of aliphatic carboxylic acids is 1. The van der Waals surface area contributed by atoms with Gasteiger partial charge in [-0.3, -0.25) is 9.69 Å². The zero-order chi connectivity index (χ0) is 31.2. The number of aromatic nitrogens is 2. The van der Waals surface area contributed by atoms with Crippen molar-refractivity contribution in [3.05, 3.63) is 67.2 Å². The fraction of sp³-hybridized carbons (Fsp3) is 0.531. The van der Waals surface area contributed by atoms with Crippen molar-refractivity contribution < 1.29 is 18.7 Å². The molecule has 1 aromatic heterocycles. The number of rotatable bonds is 8. The Labute approximate surface area is 253 Å². The molecule has 1 spiro atoms. The van der Waals surface area contributed by atoms with Gasteiger partial charge in [-0.15, -0.1) is 13.2 Å². The molecule has 1 aromatic carbocycles. The molecule has 0 saturated carbocycles. The molecule has 0 bridgehead atoms. The number of piperidine rings is 2. The molecular weight excluding hydrogens is 552 g/mol. The lowest BCUT2D eigenvalue weighted by atomic mass is 9.82. The molecule has 234 valence electrons. The maximum atomic E-state index is 15.5. The number of carbonyl (C=O) groups is 1. The highest BCUT2D eigenvalue weighted by Gasteiger charge is 2.40. The number of hydrogen-bond donors (Lipinski definition) is 3. The summed E-state index contributed by atoms with van der Waals surface area (Å²) in [4.78, 5) is 25.7. The van der Waals surface area contributed by atoms with Crippen LogP contribution in [0.1, 0.15) is 51.5 Å². The molecule has 3 fully saturated rings. The Morgan fingerprint density at radius 3 is 2.40 bits per heavy atom. The highest BCUT2D eigenvalue weighted by molar-refractivity contribution is 5.67. The third-order valence-electron chi connectivity index (χ3n) is 8.72. The van der Waals surface area contributed by atoms with Crippen LogP contribution in [0.3, 0.4) is 0 Å². The molecule has 4 heterocycles. The van der Waals surface area contributed by atoms with Gasteiger partial charge in [-0.05, 0) is 50.3 Å². The Balaban J connectivity index is 0.00000207. The van der Waals surface area contributed by atoms with Gasteiger partial charge in [0, 0.05) is 56.1 Å². The van der Waals surface area contributed by atoms with Crippen molar-refractivity contribution in [1.82, 2.24) is 20.2 Å². The average Bonchev–Trinajstić information content (AvgIpc) is 2.97. The van der Waals surface area contributed by atoms with E-state index in [4.69, 9.17) is 5.11 Å². The summed E-state index contributed by atoms with van der Waals surface area (Å²) >= 11 is 0. The monoisotopic (exact) mass is 597 g/mol. The molecule has 11 heteroatoms. The third-order valence-corrected chi connectivity index (χ3v) is 8.72. The van der Waals surface area contributed by atoms with E-state index in [2.05, 4.69) is 64.0 Å². The van der Waals surface area contributed by atoms with Crippen LogP contribution >= 0.6 is 0 Å². The van der Waals surface area contributed by atoms with Crippen LogP contribution in [-0.2, 0) is 11.3 Å². The van der Waals surface area contributed by atoms with Crippen LogP contribution < -0.4 is 20.4 Å². The zero-order valence-electron chi connectivity index (χ0n) is 25.5. The molecule has 0 unspecified atom stereocenters. The van der Waals surface area contributed by atoms with Crippen molar-refractivity contribution in [3.63, 3.8) is 0 Å². The van der Waals surface area contributed by atoms with Gasteiger partial charge >= 0.3 is 5.97 Å². The largest absolute Gasteiger partial charge is 0.481 e. The van der Waals surface area contributed by atoms with E-state index in [1.165, 1.54) is 18.5 Å². The van der Waals surface area contributed by atoms with Crippen molar-refractivity contribution in [2.45, 2.75) is 58.0 Å². The van der Waals surface area contributed by atoms with Gasteiger partial charge in [0.1, 0.15) is 29.6 Å². The predicted molar refractivity (Wildman–Crippen MR) is 167 cm³/mol. The van der Waals surface area contributed by atoms with E-state index in [1.807, 2.05) is 11.0 Å². The van der Waals surface area contributed by atoms with Crippen molar-refractivity contribution in [2.75, 3.05) is 60.9 Å². The Kier molecular flexibility index (Phi) is 10.3. The first-order chi connectivity index (χ1) is 20.5. The number of carboxylic acid groups (broad SMARTS) is 1. The number of likely N-dealkylation sites (tertiary alicyclic amines) is 1. The Morgan fingerprint density at radius 2 is 1.72 bits per heavy atom. The number of nitrogens with one attached hydrogen (secondary N) is 2. The number of benzene rings is 1. The minimum absolute atomic E-state index is 0.00177. The fourth-order valence-corrected chi connectivity index (χ4v) is 6.14. The number of piperazine rings is 1. The second-order valence-electron chi connectivity index (χ2n) is 12.5. The van der Waals surface area contributed by atoms with E-state index in [1.54, 1.807) is 0 Å². The molecule has 0 amide bonds. The molecule has 3 N–H and O–H groups in total. The summed E-state index contributed by atoms with van der Waals surface area (Å²) in [6.07, 6.45) is 5.11. The first-order valence-electron chi connectivity index (χ1n) is 14.9. The predicted octanol–water partition coefficient (Wildman–Crippen LogP) is 5.03. The third kappa shape index (κ3) is 8.22. The fourth-order valence-electron chi connectivity index (χ4n) is 6.14. The van der Waals surface area contributed by atoms with Gasteiger partial charge in [0.15, 0.2) is 0 Å². The smallest absolute Gasteiger partial charge is 0.305 e. The number of hydrogen-bond acceptors (Lipinski definition) is 8. The molecule has 3 aliphatic heterocycles. The molecular formula is C32H45F2N7O2. The van der Waals surface area contributed by atoms with E-state index < -0.39 is 11.8 Å². The second-order valence-corrected chi connectivity index (χ2v) is 12.5. The van der Waals surface area contributed by atoms with Crippen molar-refractivity contribution in [2.24, 2.45) is 5.41 Å². The van der Waals surface area contributed by atoms with Gasteiger partial charge in [0.2, 0.25) is 0 Å². The highest BCUT2D eigenvalue weighted by atomic mass is 19.1. The van der Waals surface area contributed by atoms with Gasteiger partial charge in [-0.25, -0.2) is 18.7 Å². The van der Waals surface area contributed by atoms with E-state index in [-0.39, 0.29) is 30.0 Å². The summed E-state index contributed by atoms with van der Waals surface area (Å²) in [5, 5.41) is 15.5. The number of halogens is 2. The maximum absolute atomic E-state index is 15.5. The summed E-state index contributed by atoms with van der Waals surface area (Å²) in [6, 6.07) is 4.56. The van der Waals surface area contributed by atoms with Crippen LogP contribution in [0.5, 0.6) is 0 Å². The summed E-state index contributed by atoms with van der Waals surface area (Å²) in [7, 11) is 0. The Morgan fingerprint density at radius 1 is 1.02 bits per heavy atom.